The minimum absolute atomic E-state index is 0.0182. The van der Waals surface area contributed by atoms with Crippen molar-refractivity contribution in [1.82, 2.24) is 10.6 Å². The Kier molecular flexibility index (Phi) is 6.51. The highest BCUT2D eigenvalue weighted by atomic mass is 16.4. The van der Waals surface area contributed by atoms with Crippen LogP contribution in [0.25, 0.3) is 0 Å². The van der Waals surface area contributed by atoms with E-state index >= 15 is 0 Å². The molecule has 0 rings (SSSR count). The maximum absolute atomic E-state index is 11.9. The highest BCUT2D eigenvalue weighted by Gasteiger charge is 2.28. The number of aliphatic carboxylic acids is 1. The minimum atomic E-state index is -0.880. The quantitative estimate of drug-likeness (QED) is 0.702. The van der Waals surface area contributed by atoms with E-state index in [0.717, 1.165) is 6.42 Å². The van der Waals surface area contributed by atoms with Crippen molar-refractivity contribution in [3.8, 4) is 0 Å². The molecule has 0 saturated heterocycles. The highest BCUT2D eigenvalue weighted by Crippen LogP contribution is 2.26. The van der Waals surface area contributed by atoms with Crippen LogP contribution in [-0.4, -0.2) is 29.2 Å². The first-order valence-corrected chi connectivity index (χ1v) is 7.13. The van der Waals surface area contributed by atoms with Crippen LogP contribution in [0.4, 0.5) is 4.79 Å². The van der Waals surface area contributed by atoms with E-state index < -0.39 is 11.9 Å². The summed E-state index contributed by atoms with van der Waals surface area (Å²) in [6.45, 7) is 14.1. The number of hydrogen-bond acceptors (Lipinski definition) is 2. The zero-order valence-electron chi connectivity index (χ0n) is 13.8. The van der Waals surface area contributed by atoms with Crippen LogP contribution in [0.3, 0.4) is 0 Å². The SMILES string of the molecule is CC(C)C(CNC(=O)NC(C)(C)CC(C)(C)C)C(=O)O. The Balaban J connectivity index is 4.39. The molecule has 0 saturated carbocycles. The number of carboxylic acid groups (broad SMARTS) is 1. The Morgan fingerprint density at radius 3 is 1.95 bits per heavy atom. The van der Waals surface area contributed by atoms with Gasteiger partial charge in [-0.1, -0.05) is 34.6 Å². The number of rotatable bonds is 6. The molecule has 2 amide bonds. The molecule has 0 aliphatic rings. The van der Waals surface area contributed by atoms with Gasteiger partial charge in [-0.3, -0.25) is 4.79 Å². The molecule has 0 aromatic rings. The molecule has 0 aliphatic heterocycles. The van der Waals surface area contributed by atoms with Gasteiger partial charge in [-0.25, -0.2) is 4.79 Å². The molecule has 0 fully saturated rings. The molecule has 0 heterocycles. The molecule has 5 heteroatoms. The summed E-state index contributed by atoms with van der Waals surface area (Å²) in [5.41, 5.74) is -0.225. The van der Waals surface area contributed by atoms with Gasteiger partial charge >= 0.3 is 12.0 Å². The minimum Gasteiger partial charge on any atom is -0.481 e. The second kappa shape index (κ2) is 6.95. The summed E-state index contributed by atoms with van der Waals surface area (Å²) in [5, 5.41) is 14.6. The smallest absolute Gasteiger partial charge is 0.315 e. The maximum Gasteiger partial charge on any atom is 0.315 e. The third-order valence-corrected chi connectivity index (χ3v) is 3.03. The molecule has 0 spiro atoms. The number of carboxylic acids is 1. The predicted octanol–water partition coefficient (Wildman–Crippen LogP) is 2.86. The summed E-state index contributed by atoms with van der Waals surface area (Å²) in [7, 11) is 0. The van der Waals surface area contributed by atoms with Crippen molar-refractivity contribution in [3.05, 3.63) is 0 Å². The molecule has 1 unspecified atom stereocenters. The van der Waals surface area contributed by atoms with E-state index in [1.54, 1.807) is 0 Å². The second-order valence-electron chi connectivity index (χ2n) is 7.65. The van der Waals surface area contributed by atoms with E-state index in [1.807, 2.05) is 27.7 Å². The van der Waals surface area contributed by atoms with Crippen molar-refractivity contribution in [2.75, 3.05) is 6.54 Å². The molecule has 0 aromatic heterocycles. The molecule has 5 nitrogen and oxygen atoms in total. The molecule has 0 radical (unpaired) electrons. The molecular weight excluding hydrogens is 256 g/mol. The molecule has 20 heavy (non-hydrogen) atoms. The van der Waals surface area contributed by atoms with E-state index in [0.29, 0.717) is 0 Å². The first-order chi connectivity index (χ1) is 8.84. The van der Waals surface area contributed by atoms with Gasteiger partial charge in [-0.05, 0) is 31.6 Å². The van der Waals surface area contributed by atoms with Gasteiger partial charge in [0, 0.05) is 12.1 Å². The van der Waals surface area contributed by atoms with Gasteiger partial charge < -0.3 is 15.7 Å². The van der Waals surface area contributed by atoms with Crippen molar-refractivity contribution in [2.24, 2.45) is 17.3 Å². The number of urea groups is 1. The van der Waals surface area contributed by atoms with Crippen molar-refractivity contribution >= 4 is 12.0 Å². The molecular formula is C15H30N2O3. The molecule has 3 N–H and O–H groups in total. The standard InChI is InChI=1S/C15H30N2O3/c1-10(2)11(12(18)19)8-16-13(20)17-15(6,7)9-14(3,4)5/h10-11H,8-9H2,1-7H3,(H,18,19)(H2,16,17,20). The van der Waals surface area contributed by atoms with Crippen LogP contribution in [0.2, 0.25) is 0 Å². The predicted molar refractivity (Wildman–Crippen MR) is 80.6 cm³/mol. The summed E-state index contributed by atoms with van der Waals surface area (Å²) < 4.78 is 0. The van der Waals surface area contributed by atoms with Crippen LogP contribution >= 0.6 is 0 Å². The Morgan fingerprint density at radius 2 is 1.60 bits per heavy atom. The number of amides is 2. The number of carbonyl (C=O) groups excluding carboxylic acids is 1. The third-order valence-electron chi connectivity index (χ3n) is 3.03. The number of nitrogens with one attached hydrogen (secondary N) is 2. The van der Waals surface area contributed by atoms with Crippen molar-refractivity contribution in [3.63, 3.8) is 0 Å². The average Bonchev–Trinajstić information content (AvgIpc) is 2.10. The maximum atomic E-state index is 11.9. The third kappa shape index (κ3) is 8.02. The molecule has 0 aromatic carbocycles. The van der Waals surface area contributed by atoms with Crippen LogP contribution < -0.4 is 10.6 Å². The van der Waals surface area contributed by atoms with Crippen molar-refractivity contribution in [2.45, 2.75) is 60.4 Å². The fraction of sp³-hybridized carbons (Fsp3) is 0.867. The van der Waals surface area contributed by atoms with Gasteiger partial charge in [0.2, 0.25) is 0 Å². The van der Waals surface area contributed by atoms with Gasteiger partial charge in [-0.2, -0.15) is 0 Å². The highest BCUT2D eigenvalue weighted by molar-refractivity contribution is 5.76. The lowest BCUT2D eigenvalue weighted by atomic mass is 9.82. The van der Waals surface area contributed by atoms with Crippen LogP contribution in [0.15, 0.2) is 0 Å². The van der Waals surface area contributed by atoms with E-state index in [2.05, 4.69) is 31.4 Å². The fourth-order valence-corrected chi connectivity index (χ4v) is 2.53. The van der Waals surface area contributed by atoms with Gasteiger partial charge in [0.05, 0.1) is 5.92 Å². The average molecular weight is 286 g/mol. The first-order valence-electron chi connectivity index (χ1n) is 7.13. The fourth-order valence-electron chi connectivity index (χ4n) is 2.53. The summed E-state index contributed by atoms with van der Waals surface area (Å²) in [6, 6.07) is -0.314. The normalized spacial score (nSPS) is 14.0. The van der Waals surface area contributed by atoms with E-state index in [4.69, 9.17) is 5.11 Å². The topological polar surface area (TPSA) is 78.4 Å². The van der Waals surface area contributed by atoms with Gasteiger partial charge in [-0.15, -0.1) is 0 Å². The lowest BCUT2D eigenvalue weighted by molar-refractivity contribution is -0.142. The largest absolute Gasteiger partial charge is 0.481 e. The monoisotopic (exact) mass is 286 g/mol. The Hall–Kier alpha value is -1.26. The van der Waals surface area contributed by atoms with Crippen LogP contribution in [0, 0.1) is 17.3 Å². The summed E-state index contributed by atoms with van der Waals surface area (Å²) >= 11 is 0. The van der Waals surface area contributed by atoms with Crippen LogP contribution in [0.5, 0.6) is 0 Å². The Morgan fingerprint density at radius 1 is 1.10 bits per heavy atom. The molecule has 0 bridgehead atoms. The van der Waals surface area contributed by atoms with Crippen LogP contribution in [-0.2, 0) is 4.79 Å². The Labute approximate surface area is 122 Å². The molecule has 118 valence electrons. The van der Waals surface area contributed by atoms with Gasteiger partial charge in [0.15, 0.2) is 0 Å². The zero-order chi connectivity index (χ0) is 16.1. The lowest BCUT2D eigenvalue weighted by Crippen LogP contribution is -2.51. The Bertz CT molecular complexity index is 344. The van der Waals surface area contributed by atoms with E-state index in [9.17, 15) is 9.59 Å². The van der Waals surface area contributed by atoms with Crippen LogP contribution in [0.1, 0.15) is 54.9 Å². The zero-order valence-corrected chi connectivity index (χ0v) is 13.8. The lowest BCUT2D eigenvalue weighted by Gasteiger charge is -2.33. The van der Waals surface area contributed by atoms with Gasteiger partial charge in [0.1, 0.15) is 0 Å². The first kappa shape index (κ1) is 18.7. The van der Waals surface area contributed by atoms with E-state index in [1.165, 1.54) is 0 Å². The molecule has 0 aliphatic carbocycles. The molecule has 1 atom stereocenters. The number of hydrogen-bond donors (Lipinski definition) is 3. The summed E-state index contributed by atoms with van der Waals surface area (Å²) in [5.74, 6) is -1.46. The van der Waals surface area contributed by atoms with E-state index in [-0.39, 0.29) is 29.4 Å². The second-order valence-corrected chi connectivity index (χ2v) is 7.65. The summed E-state index contributed by atoms with van der Waals surface area (Å²) in [6.07, 6.45) is 0.833. The van der Waals surface area contributed by atoms with Gasteiger partial charge in [0.25, 0.3) is 0 Å². The summed E-state index contributed by atoms with van der Waals surface area (Å²) in [4.78, 5) is 22.9. The number of carbonyl (C=O) groups is 2. The van der Waals surface area contributed by atoms with Crippen molar-refractivity contribution < 1.29 is 14.7 Å². The van der Waals surface area contributed by atoms with Crippen molar-refractivity contribution in [1.29, 1.82) is 0 Å².